The fourth-order valence-corrected chi connectivity index (χ4v) is 2.09. The molecule has 0 aromatic heterocycles. The van der Waals surface area contributed by atoms with Crippen molar-refractivity contribution in [2.45, 2.75) is 12.8 Å². The molecule has 1 fully saturated rings. The molecule has 0 radical (unpaired) electrons. The van der Waals surface area contributed by atoms with Crippen LogP contribution in [0, 0.1) is 12.3 Å². The topological polar surface area (TPSA) is 54.3 Å². The first kappa shape index (κ1) is 8.88. The van der Waals surface area contributed by atoms with Gasteiger partial charge in [0, 0.05) is 11.1 Å². The fourth-order valence-electron chi connectivity index (χ4n) is 2.09. The van der Waals surface area contributed by atoms with Gasteiger partial charge in [-0.1, -0.05) is 17.7 Å². The first-order valence-corrected chi connectivity index (χ1v) is 4.97. The van der Waals surface area contributed by atoms with Crippen molar-refractivity contribution in [1.82, 2.24) is 5.32 Å². The first-order chi connectivity index (χ1) is 7.21. The highest BCUT2D eigenvalue weighted by Gasteiger charge is 2.46. The third-order valence-corrected chi connectivity index (χ3v) is 2.78. The minimum absolute atomic E-state index is 0.368. The fraction of sp³-hybridized carbons (Fsp3) is 0.364. The summed E-state index contributed by atoms with van der Waals surface area (Å²) in [5.41, 5.74) is 2.93. The number of fused-ring (bicyclic) bond motifs is 2. The average Bonchev–Trinajstić information content (AvgIpc) is 2.76. The Morgan fingerprint density at radius 3 is 2.80 bits per heavy atom. The van der Waals surface area contributed by atoms with Crippen LogP contribution >= 0.6 is 0 Å². The SMILES string of the molecule is Cc1ccc2c(c1)C1(NC2=N)OCCO1. The molecule has 78 valence electrons. The summed E-state index contributed by atoms with van der Waals surface area (Å²) in [4.78, 5) is 0. The number of benzene rings is 1. The molecule has 2 N–H and O–H groups in total. The average molecular weight is 204 g/mol. The number of aryl methyl sites for hydroxylation is 1. The van der Waals surface area contributed by atoms with Gasteiger partial charge in [0.2, 0.25) is 0 Å². The zero-order valence-electron chi connectivity index (χ0n) is 8.46. The Kier molecular flexibility index (Phi) is 1.66. The summed E-state index contributed by atoms with van der Waals surface area (Å²) in [5.74, 6) is -0.523. The van der Waals surface area contributed by atoms with Gasteiger partial charge in [0.1, 0.15) is 5.84 Å². The van der Waals surface area contributed by atoms with E-state index in [1.807, 2.05) is 25.1 Å². The third kappa shape index (κ3) is 1.12. The molecule has 4 heteroatoms. The molecule has 0 bridgehead atoms. The number of hydrogen-bond donors (Lipinski definition) is 2. The number of amidine groups is 1. The third-order valence-electron chi connectivity index (χ3n) is 2.78. The molecule has 3 rings (SSSR count). The van der Waals surface area contributed by atoms with E-state index in [-0.39, 0.29) is 0 Å². The van der Waals surface area contributed by atoms with Gasteiger partial charge in [-0.3, -0.25) is 5.41 Å². The van der Waals surface area contributed by atoms with E-state index in [4.69, 9.17) is 14.9 Å². The number of hydrogen-bond acceptors (Lipinski definition) is 3. The maximum absolute atomic E-state index is 7.82. The summed E-state index contributed by atoms with van der Waals surface area (Å²) in [7, 11) is 0. The van der Waals surface area contributed by atoms with Gasteiger partial charge in [-0.15, -0.1) is 0 Å². The summed E-state index contributed by atoms with van der Waals surface area (Å²) in [6, 6.07) is 5.93. The Labute approximate surface area is 87.7 Å². The smallest absolute Gasteiger partial charge is 0.279 e. The predicted molar refractivity (Wildman–Crippen MR) is 54.7 cm³/mol. The molecule has 1 spiro atoms. The summed E-state index contributed by atoms with van der Waals surface area (Å²) in [5, 5.41) is 10.8. The van der Waals surface area contributed by atoms with Crippen LogP contribution < -0.4 is 5.32 Å². The molecule has 0 aliphatic carbocycles. The summed E-state index contributed by atoms with van der Waals surface area (Å²) < 4.78 is 11.2. The van der Waals surface area contributed by atoms with E-state index < -0.39 is 5.91 Å². The molecular weight excluding hydrogens is 192 g/mol. The number of nitrogens with one attached hydrogen (secondary N) is 2. The van der Waals surface area contributed by atoms with Crippen molar-refractivity contribution in [2.24, 2.45) is 0 Å². The normalized spacial score (nSPS) is 21.8. The van der Waals surface area contributed by atoms with E-state index in [0.717, 1.165) is 16.7 Å². The minimum Gasteiger partial charge on any atom is -0.327 e. The van der Waals surface area contributed by atoms with Crippen molar-refractivity contribution in [3.63, 3.8) is 0 Å². The van der Waals surface area contributed by atoms with E-state index in [1.54, 1.807) is 0 Å². The standard InChI is InChI=1S/C11H12N2O2/c1-7-2-3-8-9(6-7)11(13-10(8)12)14-4-5-15-11/h2-3,6H,4-5H2,1H3,(H2,12,13). The molecule has 0 saturated carbocycles. The number of rotatable bonds is 0. The molecule has 1 aromatic rings. The minimum atomic E-state index is -0.890. The zero-order valence-corrected chi connectivity index (χ0v) is 8.46. The highest BCUT2D eigenvalue weighted by molar-refractivity contribution is 6.01. The lowest BCUT2D eigenvalue weighted by Gasteiger charge is -2.22. The van der Waals surface area contributed by atoms with Crippen molar-refractivity contribution in [2.75, 3.05) is 13.2 Å². The van der Waals surface area contributed by atoms with Gasteiger partial charge >= 0.3 is 0 Å². The van der Waals surface area contributed by atoms with Gasteiger partial charge < -0.3 is 14.8 Å². The highest BCUT2D eigenvalue weighted by atomic mass is 16.8. The maximum atomic E-state index is 7.82. The van der Waals surface area contributed by atoms with Gasteiger partial charge in [-0.25, -0.2) is 0 Å². The Morgan fingerprint density at radius 2 is 2.07 bits per heavy atom. The maximum Gasteiger partial charge on any atom is 0.279 e. The van der Waals surface area contributed by atoms with Gasteiger partial charge in [-0.05, 0) is 13.0 Å². The first-order valence-electron chi connectivity index (χ1n) is 4.97. The summed E-state index contributed by atoms with van der Waals surface area (Å²) >= 11 is 0. The predicted octanol–water partition coefficient (Wildman–Crippen LogP) is 1.08. The van der Waals surface area contributed by atoms with Crippen LogP contribution in [0.3, 0.4) is 0 Å². The molecule has 1 saturated heterocycles. The van der Waals surface area contributed by atoms with Gasteiger partial charge in [0.15, 0.2) is 0 Å². The molecule has 0 unspecified atom stereocenters. The largest absolute Gasteiger partial charge is 0.327 e. The molecule has 2 aliphatic heterocycles. The second-order valence-electron chi connectivity index (χ2n) is 3.86. The van der Waals surface area contributed by atoms with E-state index >= 15 is 0 Å². The van der Waals surface area contributed by atoms with Gasteiger partial charge in [0.05, 0.1) is 13.2 Å². The Bertz CT molecular complexity index is 436. The molecular formula is C11H12N2O2. The van der Waals surface area contributed by atoms with Crippen molar-refractivity contribution < 1.29 is 9.47 Å². The van der Waals surface area contributed by atoms with Crippen LogP contribution in [-0.2, 0) is 15.4 Å². The second kappa shape index (κ2) is 2.81. The summed E-state index contributed by atoms with van der Waals surface area (Å²) in [6.45, 7) is 3.15. The van der Waals surface area contributed by atoms with Crippen LogP contribution in [0.5, 0.6) is 0 Å². The monoisotopic (exact) mass is 204 g/mol. The van der Waals surface area contributed by atoms with E-state index in [2.05, 4.69) is 5.32 Å². The van der Waals surface area contributed by atoms with E-state index in [0.29, 0.717) is 19.0 Å². The van der Waals surface area contributed by atoms with Gasteiger partial charge in [-0.2, -0.15) is 0 Å². The van der Waals surface area contributed by atoms with Crippen LogP contribution in [0.4, 0.5) is 0 Å². The lowest BCUT2D eigenvalue weighted by molar-refractivity contribution is -0.173. The van der Waals surface area contributed by atoms with Crippen molar-refractivity contribution >= 4 is 5.84 Å². The van der Waals surface area contributed by atoms with Crippen LogP contribution in [0.25, 0.3) is 0 Å². The zero-order chi connectivity index (χ0) is 10.5. The van der Waals surface area contributed by atoms with Crippen LogP contribution in [-0.4, -0.2) is 19.0 Å². The van der Waals surface area contributed by atoms with Crippen molar-refractivity contribution in [3.05, 3.63) is 34.9 Å². The molecule has 2 aliphatic rings. The van der Waals surface area contributed by atoms with E-state index in [9.17, 15) is 0 Å². The van der Waals surface area contributed by atoms with Gasteiger partial charge in [0.25, 0.3) is 5.91 Å². The van der Waals surface area contributed by atoms with Crippen LogP contribution in [0.15, 0.2) is 18.2 Å². The molecule has 15 heavy (non-hydrogen) atoms. The Balaban J connectivity index is 2.19. The number of ether oxygens (including phenoxy) is 2. The van der Waals surface area contributed by atoms with Crippen molar-refractivity contribution in [1.29, 1.82) is 5.41 Å². The second-order valence-corrected chi connectivity index (χ2v) is 3.86. The molecule has 2 heterocycles. The molecule has 4 nitrogen and oxygen atoms in total. The lowest BCUT2D eigenvalue weighted by atomic mass is 10.0. The lowest BCUT2D eigenvalue weighted by Crippen LogP contribution is -2.40. The van der Waals surface area contributed by atoms with Crippen LogP contribution in [0.2, 0.25) is 0 Å². The van der Waals surface area contributed by atoms with Crippen molar-refractivity contribution in [3.8, 4) is 0 Å². The van der Waals surface area contributed by atoms with E-state index in [1.165, 1.54) is 0 Å². The Hall–Kier alpha value is -1.39. The molecule has 1 aromatic carbocycles. The summed E-state index contributed by atoms with van der Waals surface area (Å²) in [6.07, 6.45) is 0. The Morgan fingerprint density at radius 1 is 1.33 bits per heavy atom. The molecule has 0 amide bonds. The molecule has 0 atom stereocenters. The van der Waals surface area contributed by atoms with Crippen LogP contribution in [0.1, 0.15) is 16.7 Å². The quantitative estimate of drug-likeness (QED) is 0.665. The highest BCUT2D eigenvalue weighted by Crippen LogP contribution is 2.36.